The van der Waals surface area contributed by atoms with Crippen molar-refractivity contribution in [2.75, 3.05) is 13.1 Å². The smallest absolute Gasteiger partial charge is 0.357 e. The first kappa shape index (κ1) is 17.7. The second-order valence-electron chi connectivity index (χ2n) is 4.63. The van der Waals surface area contributed by atoms with Gasteiger partial charge in [-0.05, 0) is 29.3 Å². The number of halogens is 3. The fourth-order valence-electron chi connectivity index (χ4n) is 1.74. The third-order valence-electron chi connectivity index (χ3n) is 2.82. The molecule has 126 valence electrons. The summed E-state index contributed by atoms with van der Waals surface area (Å²) in [7, 11) is 0. The zero-order chi connectivity index (χ0) is 16.7. The number of thiophene rings is 1. The molecule has 0 amide bonds. The van der Waals surface area contributed by atoms with Crippen molar-refractivity contribution in [3.63, 3.8) is 0 Å². The fourth-order valence-corrected chi connectivity index (χ4v) is 3.20. The van der Waals surface area contributed by atoms with Crippen molar-refractivity contribution in [2.45, 2.75) is 26.1 Å². The molecule has 0 aliphatic heterocycles. The van der Waals surface area contributed by atoms with E-state index in [0.717, 1.165) is 22.3 Å². The van der Waals surface area contributed by atoms with Crippen molar-refractivity contribution >= 4 is 28.6 Å². The number of guanidine groups is 1. The van der Waals surface area contributed by atoms with Crippen LogP contribution in [0, 0.1) is 0 Å². The minimum absolute atomic E-state index is 0.420. The van der Waals surface area contributed by atoms with Gasteiger partial charge in [-0.15, -0.1) is 11.3 Å². The van der Waals surface area contributed by atoms with Gasteiger partial charge in [0.25, 0.3) is 0 Å². The molecular weight excluding hydrogens is 345 g/mol. The number of hydrogen-bond donors (Lipinski definition) is 2. The molecule has 2 aromatic rings. The Hall–Kier alpha value is -1.61. The third-order valence-corrected chi connectivity index (χ3v) is 4.46. The molecule has 0 radical (unpaired) electrons. The van der Waals surface area contributed by atoms with Crippen molar-refractivity contribution in [1.29, 1.82) is 0 Å². The second kappa shape index (κ2) is 8.30. The largest absolute Gasteiger partial charge is 0.434 e. The Morgan fingerprint density at radius 3 is 2.74 bits per heavy atom. The zero-order valence-corrected chi connectivity index (χ0v) is 14.1. The van der Waals surface area contributed by atoms with E-state index >= 15 is 0 Å². The summed E-state index contributed by atoms with van der Waals surface area (Å²) >= 11 is 2.64. The Morgan fingerprint density at radius 1 is 1.30 bits per heavy atom. The normalized spacial score (nSPS) is 12.4. The van der Waals surface area contributed by atoms with Crippen LogP contribution in [0.3, 0.4) is 0 Å². The van der Waals surface area contributed by atoms with Crippen LogP contribution in [0.25, 0.3) is 0 Å². The van der Waals surface area contributed by atoms with Gasteiger partial charge in [-0.3, -0.25) is 0 Å². The molecule has 0 aliphatic carbocycles. The molecular formula is C14H17F3N4S2. The second-order valence-corrected chi connectivity index (χ2v) is 6.35. The predicted molar refractivity (Wildman–Crippen MR) is 88.0 cm³/mol. The monoisotopic (exact) mass is 362 g/mol. The van der Waals surface area contributed by atoms with Crippen LogP contribution in [0.1, 0.15) is 23.2 Å². The molecule has 2 heterocycles. The Kier molecular flexibility index (Phi) is 6.40. The number of aliphatic imine (C=N–C) groups is 1. The molecule has 9 heteroatoms. The van der Waals surface area contributed by atoms with Crippen LogP contribution in [-0.2, 0) is 19.1 Å². The van der Waals surface area contributed by atoms with Crippen molar-refractivity contribution in [3.8, 4) is 0 Å². The van der Waals surface area contributed by atoms with Gasteiger partial charge in [-0.1, -0.05) is 0 Å². The highest BCUT2D eigenvalue weighted by Gasteiger charge is 2.33. The van der Waals surface area contributed by atoms with Gasteiger partial charge >= 0.3 is 6.18 Å². The van der Waals surface area contributed by atoms with Crippen LogP contribution in [0.5, 0.6) is 0 Å². The minimum Gasteiger partial charge on any atom is -0.357 e. The molecule has 0 spiro atoms. The number of alkyl halides is 3. The van der Waals surface area contributed by atoms with E-state index in [-0.39, 0.29) is 0 Å². The van der Waals surface area contributed by atoms with Crippen molar-refractivity contribution in [2.24, 2.45) is 4.99 Å². The fraction of sp³-hybridized carbons (Fsp3) is 0.429. The van der Waals surface area contributed by atoms with E-state index in [1.165, 1.54) is 0 Å². The molecule has 2 N–H and O–H groups in total. The lowest BCUT2D eigenvalue weighted by molar-refractivity contribution is -0.140. The summed E-state index contributed by atoms with van der Waals surface area (Å²) in [6.45, 7) is 3.71. The molecule has 0 unspecified atom stereocenters. The zero-order valence-electron chi connectivity index (χ0n) is 12.5. The Morgan fingerprint density at radius 2 is 2.13 bits per heavy atom. The Bertz CT molecular complexity index is 620. The third kappa shape index (κ3) is 5.83. The van der Waals surface area contributed by atoms with Crippen LogP contribution in [-0.4, -0.2) is 24.0 Å². The minimum atomic E-state index is -4.38. The lowest BCUT2D eigenvalue weighted by Gasteiger charge is -2.10. The summed E-state index contributed by atoms with van der Waals surface area (Å²) in [6.07, 6.45) is -3.96. The number of thiazole rings is 1. The molecule has 2 aromatic heterocycles. The van der Waals surface area contributed by atoms with E-state index < -0.39 is 11.9 Å². The van der Waals surface area contributed by atoms with Gasteiger partial charge in [0.15, 0.2) is 11.7 Å². The summed E-state index contributed by atoms with van der Waals surface area (Å²) in [5.74, 6) is 0.645. The molecule has 0 aromatic carbocycles. The topological polar surface area (TPSA) is 49.3 Å². The molecule has 23 heavy (non-hydrogen) atoms. The summed E-state index contributed by atoms with van der Waals surface area (Å²) in [5.41, 5.74) is 0.303. The van der Waals surface area contributed by atoms with Gasteiger partial charge in [-0.2, -0.15) is 24.5 Å². The van der Waals surface area contributed by atoms with Crippen molar-refractivity contribution < 1.29 is 13.2 Å². The maximum Gasteiger partial charge on any atom is 0.434 e. The molecule has 0 saturated carbocycles. The quantitative estimate of drug-likeness (QED) is 0.611. The first-order chi connectivity index (χ1) is 11.0. The predicted octanol–water partition coefficient (Wildman–Crippen LogP) is 3.52. The van der Waals surface area contributed by atoms with Crippen LogP contribution in [0.2, 0.25) is 0 Å². The average Bonchev–Trinajstić information content (AvgIpc) is 3.15. The lowest BCUT2D eigenvalue weighted by atomic mass is 10.3. The number of aromatic nitrogens is 1. The number of nitrogens with zero attached hydrogens (tertiary/aromatic N) is 2. The van der Waals surface area contributed by atoms with Gasteiger partial charge in [0.05, 0.1) is 11.6 Å². The highest BCUT2D eigenvalue weighted by atomic mass is 32.1. The van der Waals surface area contributed by atoms with Crippen LogP contribution >= 0.6 is 22.7 Å². The number of nitrogens with one attached hydrogen (secondary N) is 2. The highest BCUT2D eigenvalue weighted by molar-refractivity contribution is 7.09. The SMILES string of the molecule is CCNC(=NCc1ccsc1)NCCc1nc(C(F)(F)F)cs1. The maximum absolute atomic E-state index is 12.5. The van der Waals surface area contributed by atoms with Gasteiger partial charge in [0.2, 0.25) is 0 Å². The van der Waals surface area contributed by atoms with Crippen LogP contribution < -0.4 is 10.6 Å². The average molecular weight is 362 g/mol. The number of hydrogen-bond acceptors (Lipinski definition) is 4. The summed E-state index contributed by atoms with van der Waals surface area (Å²) in [6, 6.07) is 2.01. The summed E-state index contributed by atoms with van der Waals surface area (Å²) in [4.78, 5) is 8.04. The molecule has 0 fully saturated rings. The maximum atomic E-state index is 12.5. The van der Waals surface area contributed by atoms with Gasteiger partial charge in [-0.25, -0.2) is 9.98 Å². The highest BCUT2D eigenvalue weighted by Crippen LogP contribution is 2.29. The summed E-state index contributed by atoms with van der Waals surface area (Å²) < 4.78 is 37.5. The van der Waals surface area contributed by atoms with E-state index in [9.17, 15) is 13.2 Å². The molecule has 2 rings (SSSR count). The van der Waals surface area contributed by atoms with Crippen molar-refractivity contribution in [1.82, 2.24) is 15.6 Å². The first-order valence-electron chi connectivity index (χ1n) is 7.04. The Balaban J connectivity index is 1.84. The molecule has 0 saturated heterocycles. The molecule has 0 aliphatic rings. The lowest BCUT2D eigenvalue weighted by Crippen LogP contribution is -2.38. The summed E-state index contributed by atoms with van der Waals surface area (Å²) in [5, 5.41) is 11.7. The van der Waals surface area contributed by atoms with E-state index in [1.54, 1.807) is 11.3 Å². The van der Waals surface area contributed by atoms with Gasteiger partial charge < -0.3 is 10.6 Å². The first-order valence-corrected chi connectivity index (χ1v) is 8.86. The van der Waals surface area contributed by atoms with E-state index in [0.29, 0.717) is 37.0 Å². The van der Waals surface area contributed by atoms with Gasteiger partial charge in [0, 0.05) is 24.9 Å². The van der Waals surface area contributed by atoms with Crippen LogP contribution in [0.4, 0.5) is 13.2 Å². The van der Waals surface area contributed by atoms with E-state index in [1.807, 2.05) is 23.8 Å². The molecule has 4 nitrogen and oxygen atoms in total. The standard InChI is InChI=1S/C14H17F3N4S2/c1-2-18-13(20-7-10-4-6-22-8-10)19-5-3-12-21-11(9-23-12)14(15,16)17/h4,6,8-9H,2-3,5,7H2,1H3,(H2,18,19,20). The molecule has 0 atom stereocenters. The van der Waals surface area contributed by atoms with E-state index in [4.69, 9.17) is 0 Å². The van der Waals surface area contributed by atoms with Crippen molar-refractivity contribution in [3.05, 3.63) is 38.5 Å². The number of rotatable bonds is 6. The van der Waals surface area contributed by atoms with Crippen LogP contribution in [0.15, 0.2) is 27.2 Å². The molecule has 0 bridgehead atoms. The van der Waals surface area contributed by atoms with E-state index in [2.05, 4.69) is 20.6 Å². The van der Waals surface area contributed by atoms with Gasteiger partial charge in [0.1, 0.15) is 0 Å². The Labute approximate surface area is 140 Å².